The molecule has 0 aromatic heterocycles. The number of hydrogen-bond donors (Lipinski definition) is 0. The lowest BCUT2D eigenvalue weighted by Gasteiger charge is -2.21. The number of ketones is 1. The minimum absolute atomic E-state index is 0.00867. The van der Waals surface area contributed by atoms with Crippen LogP contribution in [0.15, 0.2) is 16.6 Å². The van der Waals surface area contributed by atoms with Gasteiger partial charge in [0, 0.05) is 6.42 Å². The van der Waals surface area contributed by atoms with E-state index in [0.717, 1.165) is 12.8 Å². The first-order valence-electron chi connectivity index (χ1n) is 6.72. The first-order valence-corrected chi connectivity index (χ1v) is 7.51. The summed E-state index contributed by atoms with van der Waals surface area (Å²) in [6, 6.07) is 3.12. The topological polar surface area (TPSA) is 61.8 Å². The van der Waals surface area contributed by atoms with Crippen molar-refractivity contribution in [2.45, 2.75) is 31.8 Å². The highest BCUT2D eigenvalue weighted by Gasteiger charge is 2.27. The van der Waals surface area contributed by atoms with E-state index in [1.165, 1.54) is 14.2 Å². The average molecular weight is 357 g/mol. The molecule has 2 rings (SSSR count). The van der Waals surface area contributed by atoms with Crippen molar-refractivity contribution in [2.75, 3.05) is 14.2 Å². The normalized spacial score (nSPS) is 18.2. The highest BCUT2D eigenvalue weighted by atomic mass is 79.9. The Morgan fingerprint density at radius 2 is 1.81 bits per heavy atom. The largest absolute Gasteiger partial charge is 0.495 e. The fourth-order valence-corrected chi connectivity index (χ4v) is 2.81. The average Bonchev–Trinajstić information content (AvgIpc) is 2.49. The van der Waals surface area contributed by atoms with Crippen molar-refractivity contribution in [3.63, 3.8) is 0 Å². The number of methoxy groups -OCH3 is 2. The number of hydrogen-bond acceptors (Lipinski definition) is 5. The molecule has 0 heterocycles. The summed E-state index contributed by atoms with van der Waals surface area (Å²) in [6.45, 7) is 0. The molecule has 1 aliphatic rings. The van der Waals surface area contributed by atoms with Crippen LogP contribution in [0.2, 0.25) is 0 Å². The van der Waals surface area contributed by atoms with Gasteiger partial charge in [-0.25, -0.2) is 4.79 Å². The summed E-state index contributed by atoms with van der Waals surface area (Å²) in [7, 11) is 3.00. The van der Waals surface area contributed by atoms with E-state index in [0.29, 0.717) is 34.4 Å². The Hall–Kier alpha value is -1.56. The quantitative estimate of drug-likeness (QED) is 0.775. The van der Waals surface area contributed by atoms with E-state index < -0.39 is 12.1 Å². The highest BCUT2D eigenvalue weighted by molar-refractivity contribution is 9.10. The second-order valence-corrected chi connectivity index (χ2v) is 5.59. The molecule has 0 amide bonds. The van der Waals surface area contributed by atoms with Gasteiger partial charge in [-0.15, -0.1) is 0 Å². The summed E-state index contributed by atoms with van der Waals surface area (Å²) < 4.78 is 16.3. The summed E-state index contributed by atoms with van der Waals surface area (Å²) in [6.07, 6.45) is 2.20. The third kappa shape index (κ3) is 3.56. The van der Waals surface area contributed by atoms with Crippen LogP contribution in [0.25, 0.3) is 0 Å². The van der Waals surface area contributed by atoms with E-state index in [2.05, 4.69) is 15.9 Å². The van der Waals surface area contributed by atoms with Crippen molar-refractivity contribution in [1.82, 2.24) is 0 Å². The summed E-state index contributed by atoms with van der Waals surface area (Å²) in [5.41, 5.74) is 0.297. The predicted octanol–water partition coefficient (Wildman–Crippen LogP) is 3.13. The molecule has 0 unspecified atom stereocenters. The molecule has 0 radical (unpaired) electrons. The highest BCUT2D eigenvalue weighted by Crippen LogP contribution is 2.36. The van der Waals surface area contributed by atoms with Crippen LogP contribution in [-0.4, -0.2) is 32.1 Å². The summed E-state index contributed by atoms with van der Waals surface area (Å²) in [5, 5.41) is 0. The first kappa shape index (κ1) is 15.8. The molecule has 0 spiro atoms. The van der Waals surface area contributed by atoms with E-state index in [-0.39, 0.29) is 5.78 Å². The molecule has 1 saturated carbocycles. The molecule has 1 aliphatic carbocycles. The third-order valence-corrected chi connectivity index (χ3v) is 4.21. The van der Waals surface area contributed by atoms with E-state index in [1.807, 2.05) is 0 Å². The van der Waals surface area contributed by atoms with Crippen molar-refractivity contribution in [3.05, 3.63) is 22.2 Å². The lowest BCUT2D eigenvalue weighted by Crippen LogP contribution is -2.30. The summed E-state index contributed by atoms with van der Waals surface area (Å²) in [4.78, 5) is 23.9. The zero-order chi connectivity index (χ0) is 15.4. The van der Waals surface area contributed by atoms with Gasteiger partial charge in [-0.05, 0) is 47.3 Å². The second kappa shape index (κ2) is 6.93. The van der Waals surface area contributed by atoms with Gasteiger partial charge >= 0.3 is 5.97 Å². The van der Waals surface area contributed by atoms with E-state index in [4.69, 9.17) is 14.2 Å². The molecular weight excluding hydrogens is 340 g/mol. The smallest absolute Gasteiger partial charge is 0.339 e. The molecule has 114 valence electrons. The van der Waals surface area contributed by atoms with Crippen LogP contribution in [0.3, 0.4) is 0 Å². The molecule has 1 fully saturated rings. The predicted molar refractivity (Wildman–Crippen MR) is 79.9 cm³/mol. The Morgan fingerprint density at radius 1 is 1.19 bits per heavy atom. The van der Waals surface area contributed by atoms with Gasteiger partial charge in [0.1, 0.15) is 16.0 Å². The van der Waals surface area contributed by atoms with Crippen molar-refractivity contribution < 1.29 is 23.8 Å². The lowest BCUT2D eigenvalue weighted by molar-refractivity contribution is -0.129. The Morgan fingerprint density at radius 3 is 2.33 bits per heavy atom. The van der Waals surface area contributed by atoms with Crippen LogP contribution in [-0.2, 0) is 9.53 Å². The molecule has 1 aromatic rings. The van der Waals surface area contributed by atoms with E-state index >= 15 is 0 Å². The Kier molecular flexibility index (Phi) is 5.22. The minimum atomic E-state index is -0.633. The number of halogens is 1. The molecule has 6 heteroatoms. The van der Waals surface area contributed by atoms with Crippen LogP contribution < -0.4 is 9.47 Å². The third-order valence-electron chi connectivity index (χ3n) is 3.43. The van der Waals surface area contributed by atoms with Crippen LogP contribution in [0.1, 0.15) is 36.0 Å². The maximum absolute atomic E-state index is 12.2. The van der Waals surface area contributed by atoms with Gasteiger partial charge in [0.2, 0.25) is 0 Å². The fourth-order valence-electron chi connectivity index (χ4n) is 2.26. The van der Waals surface area contributed by atoms with Gasteiger partial charge in [-0.3, -0.25) is 4.79 Å². The number of esters is 1. The Labute approximate surface area is 131 Å². The lowest BCUT2D eigenvalue weighted by atomic mass is 9.96. The van der Waals surface area contributed by atoms with Crippen LogP contribution in [0, 0.1) is 0 Å². The van der Waals surface area contributed by atoms with Crippen molar-refractivity contribution >= 4 is 27.7 Å². The molecule has 21 heavy (non-hydrogen) atoms. The van der Waals surface area contributed by atoms with E-state index in [1.54, 1.807) is 12.1 Å². The standard InChI is InChI=1S/C15H17BrO5/c1-19-12-7-9(8-13(20-2)14(12)16)15(18)21-11-6-4-3-5-10(11)17/h7-8,11H,3-6H2,1-2H3/t11-/m1/s1. The molecule has 1 aromatic carbocycles. The Bertz CT molecular complexity index is 530. The molecule has 0 N–H and O–H groups in total. The zero-order valence-electron chi connectivity index (χ0n) is 12.0. The molecule has 1 atom stereocenters. The number of ether oxygens (including phenoxy) is 3. The summed E-state index contributed by atoms with van der Waals surface area (Å²) in [5.74, 6) is 0.387. The number of benzene rings is 1. The minimum Gasteiger partial charge on any atom is -0.495 e. The monoisotopic (exact) mass is 356 g/mol. The number of carbonyl (C=O) groups excluding carboxylic acids is 2. The molecule has 0 saturated heterocycles. The van der Waals surface area contributed by atoms with Crippen LogP contribution in [0.4, 0.5) is 0 Å². The van der Waals surface area contributed by atoms with Crippen molar-refractivity contribution in [1.29, 1.82) is 0 Å². The molecule has 5 nitrogen and oxygen atoms in total. The van der Waals surface area contributed by atoms with Crippen LogP contribution in [0.5, 0.6) is 11.5 Å². The van der Waals surface area contributed by atoms with Crippen molar-refractivity contribution in [2.24, 2.45) is 0 Å². The maximum Gasteiger partial charge on any atom is 0.339 e. The number of Topliss-reactive ketones (excluding diaryl/α,β-unsaturated/α-hetero) is 1. The van der Waals surface area contributed by atoms with Gasteiger partial charge in [-0.2, -0.15) is 0 Å². The SMILES string of the molecule is COc1cc(C(=O)O[C@@H]2CCCCC2=O)cc(OC)c1Br. The maximum atomic E-state index is 12.2. The van der Waals surface area contributed by atoms with Crippen LogP contribution >= 0.6 is 15.9 Å². The van der Waals surface area contributed by atoms with Gasteiger partial charge in [0.05, 0.1) is 19.8 Å². The van der Waals surface area contributed by atoms with Crippen molar-refractivity contribution in [3.8, 4) is 11.5 Å². The number of rotatable bonds is 4. The Balaban J connectivity index is 2.20. The first-order chi connectivity index (χ1) is 10.1. The van der Waals surface area contributed by atoms with Gasteiger partial charge < -0.3 is 14.2 Å². The molecule has 0 aliphatic heterocycles. The molecular formula is C15H17BrO5. The second-order valence-electron chi connectivity index (χ2n) is 4.80. The summed E-state index contributed by atoms with van der Waals surface area (Å²) >= 11 is 3.34. The zero-order valence-corrected chi connectivity index (χ0v) is 13.6. The van der Waals surface area contributed by atoms with Gasteiger partial charge in [0.25, 0.3) is 0 Å². The number of carbonyl (C=O) groups is 2. The van der Waals surface area contributed by atoms with E-state index in [9.17, 15) is 9.59 Å². The molecule has 0 bridgehead atoms. The van der Waals surface area contributed by atoms with Gasteiger partial charge in [-0.1, -0.05) is 0 Å². The van der Waals surface area contributed by atoms with Gasteiger partial charge in [0.15, 0.2) is 11.9 Å². The fraction of sp³-hybridized carbons (Fsp3) is 0.467.